The zero-order valence-corrected chi connectivity index (χ0v) is 16.3. The molecule has 3 aromatic rings. The second-order valence-electron chi connectivity index (χ2n) is 5.96. The van der Waals surface area contributed by atoms with Crippen LogP contribution in [0.15, 0.2) is 72.8 Å². The third kappa shape index (κ3) is 4.47. The third-order valence-electron chi connectivity index (χ3n) is 4.13. The Labute approximate surface area is 172 Å². The number of ether oxygens (including phenoxy) is 4. The minimum Gasteiger partial charge on any atom is -0.496 e. The lowest BCUT2D eigenvalue weighted by Crippen LogP contribution is -2.16. The first kappa shape index (κ1) is 20.6. The van der Waals surface area contributed by atoms with Gasteiger partial charge in [0.05, 0.1) is 14.2 Å². The Balaban J connectivity index is 1.86. The molecular formula is C23H18O7. The number of esters is 3. The van der Waals surface area contributed by atoms with Gasteiger partial charge in [0.15, 0.2) is 0 Å². The van der Waals surface area contributed by atoms with E-state index in [1.165, 1.54) is 38.5 Å². The van der Waals surface area contributed by atoms with Crippen LogP contribution in [0.2, 0.25) is 0 Å². The van der Waals surface area contributed by atoms with Gasteiger partial charge in [-0.3, -0.25) is 0 Å². The molecule has 0 saturated carbocycles. The maximum atomic E-state index is 12.7. The highest BCUT2D eigenvalue weighted by Gasteiger charge is 2.22. The molecule has 30 heavy (non-hydrogen) atoms. The van der Waals surface area contributed by atoms with Crippen molar-refractivity contribution >= 4 is 17.9 Å². The van der Waals surface area contributed by atoms with Crippen LogP contribution in [0.4, 0.5) is 0 Å². The highest BCUT2D eigenvalue weighted by Crippen LogP contribution is 2.26. The summed E-state index contributed by atoms with van der Waals surface area (Å²) in [5, 5.41) is 0. The predicted molar refractivity (Wildman–Crippen MR) is 107 cm³/mol. The summed E-state index contributed by atoms with van der Waals surface area (Å²) in [6, 6.07) is 18.9. The fourth-order valence-corrected chi connectivity index (χ4v) is 2.68. The fraction of sp³-hybridized carbons (Fsp3) is 0.0870. The van der Waals surface area contributed by atoms with Crippen LogP contribution in [0.3, 0.4) is 0 Å². The molecule has 3 aromatic carbocycles. The highest BCUT2D eigenvalue weighted by molar-refractivity contribution is 5.99. The molecule has 0 saturated heterocycles. The van der Waals surface area contributed by atoms with Crippen molar-refractivity contribution in [3.05, 3.63) is 89.5 Å². The van der Waals surface area contributed by atoms with E-state index in [1.807, 2.05) is 0 Å². The van der Waals surface area contributed by atoms with Gasteiger partial charge in [-0.05, 0) is 36.4 Å². The summed E-state index contributed by atoms with van der Waals surface area (Å²) in [6.45, 7) is 0. The van der Waals surface area contributed by atoms with Crippen molar-refractivity contribution in [2.45, 2.75) is 0 Å². The Morgan fingerprint density at radius 2 is 0.900 bits per heavy atom. The molecule has 7 nitrogen and oxygen atoms in total. The topological polar surface area (TPSA) is 88.1 Å². The van der Waals surface area contributed by atoms with Crippen LogP contribution >= 0.6 is 0 Å². The number of hydrogen-bond donors (Lipinski definition) is 0. The molecule has 0 amide bonds. The average Bonchev–Trinajstić information content (AvgIpc) is 2.79. The van der Waals surface area contributed by atoms with Gasteiger partial charge < -0.3 is 18.9 Å². The van der Waals surface area contributed by atoms with Crippen LogP contribution in [-0.2, 0) is 4.74 Å². The summed E-state index contributed by atoms with van der Waals surface area (Å²) in [5.74, 6) is -1.75. The number of hydrogen-bond acceptors (Lipinski definition) is 7. The van der Waals surface area contributed by atoms with Gasteiger partial charge in [0.1, 0.15) is 33.9 Å². The molecule has 3 rings (SSSR count). The minimum absolute atomic E-state index is 0.00829. The average molecular weight is 406 g/mol. The van der Waals surface area contributed by atoms with E-state index in [9.17, 15) is 14.4 Å². The second-order valence-corrected chi connectivity index (χ2v) is 5.96. The first-order valence-electron chi connectivity index (χ1n) is 8.89. The number of carbonyl (C=O) groups is 3. The first-order valence-corrected chi connectivity index (χ1v) is 8.89. The van der Waals surface area contributed by atoms with E-state index < -0.39 is 17.9 Å². The standard InChI is InChI=1S/C23H18O7/c1-27-18-12-6-3-9-15(18)22(25)30-20-14-8-5-11-17(20)23(26)29-19-13-7-4-10-16(19)21(24)28-2/h3-14H,1-2H3. The summed E-state index contributed by atoms with van der Waals surface area (Å²) in [4.78, 5) is 37.2. The van der Waals surface area contributed by atoms with Gasteiger partial charge in [-0.15, -0.1) is 0 Å². The van der Waals surface area contributed by atoms with Gasteiger partial charge in [-0.25, -0.2) is 14.4 Å². The van der Waals surface area contributed by atoms with Crippen molar-refractivity contribution in [2.24, 2.45) is 0 Å². The molecule has 0 fully saturated rings. The van der Waals surface area contributed by atoms with Gasteiger partial charge in [0, 0.05) is 0 Å². The number of benzene rings is 3. The number of carbonyl (C=O) groups excluding carboxylic acids is 3. The second kappa shape index (κ2) is 9.38. The summed E-state index contributed by atoms with van der Waals surface area (Å²) >= 11 is 0. The monoisotopic (exact) mass is 406 g/mol. The summed E-state index contributed by atoms with van der Waals surface area (Å²) in [5.41, 5.74) is 0.316. The van der Waals surface area contributed by atoms with Crippen LogP contribution in [0.5, 0.6) is 17.2 Å². The van der Waals surface area contributed by atoms with Gasteiger partial charge in [-0.1, -0.05) is 36.4 Å². The molecule has 0 radical (unpaired) electrons. The molecule has 0 spiro atoms. The van der Waals surface area contributed by atoms with Gasteiger partial charge in [-0.2, -0.15) is 0 Å². The molecule has 0 N–H and O–H groups in total. The molecule has 7 heteroatoms. The van der Waals surface area contributed by atoms with Crippen molar-refractivity contribution in [3.8, 4) is 17.2 Å². The van der Waals surface area contributed by atoms with E-state index in [0.717, 1.165) is 0 Å². The summed E-state index contributed by atoms with van der Waals surface area (Å²) in [6.07, 6.45) is 0. The Kier molecular flexibility index (Phi) is 6.44. The van der Waals surface area contributed by atoms with E-state index in [1.54, 1.807) is 48.5 Å². The van der Waals surface area contributed by atoms with Crippen molar-refractivity contribution in [2.75, 3.05) is 14.2 Å². The zero-order valence-electron chi connectivity index (χ0n) is 16.3. The summed E-state index contributed by atoms with van der Waals surface area (Å²) in [7, 11) is 2.67. The maximum absolute atomic E-state index is 12.7. The summed E-state index contributed by atoms with van der Waals surface area (Å²) < 4.78 is 20.7. The van der Waals surface area contributed by atoms with E-state index in [2.05, 4.69) is 0 Å². The van der Waals surface area contributed by atoms with Gasteiger partial charge in [0.2, 0.25) is 0 Å². The Hall–Kier alpha value is -4.13. The zero-order chi connectivity index (χ0) is 21.5. The molecule has 0 aliphatic carbocycles. The SMILES string of the molecule is COC(=O)c1ccccc1OC(=O)c1ccccc1OC(=O)c1ccccc1OC. The molecule has 0 heterocycles. The highest BCUT2D eigenvalue weighted by atomic mass is 16.6. The smallest absolute Gasteiger partial charge is 0.347 e. The van der Waals surface area contributed by atoms with E-state index >= 15 is 0 Å². The van der Waals surface area contributed by atoms with Crippen LogP contribution in [0.1, 0.15) is 31.1 Å². The fourth-order valence-electron chi connectivity index (χ4n) is 2.68. The largest absolute Gasteiger partial charge is 0.496 e. The van der Waals surface area contributed by atoms with Crippen LogP contribution in [0.25, 0.3) is 0 Å². The number of para-hydroxylation sites is 3. The van der Waals surface area contributed by atoms with Crippen LogP contribution < -0.4 is 14.2 Å². The van der Waals surface area contributed by atoms with Crippen molar-refractivity contribution in [1.82, 2.24) is 0 Å². The van der Waals surface area contributed by atoms with Crippen LogP contribution in [-0.4, -0.2) is 32.1 Å². The number of methoxy groups -OCH3 is 2. The molecule has 0 aliphatic heterocycles. The normalized spacial score (nSPS) is 10.1. The Bertz CT molecular complexity index is 1090. The van der Waals surface area contributed by atoms with E-state index in [4.69, 9.17) is 18.9 Å². The van der Waals surface area contributed by atoms with E-state index in [-0.39, 0.29) is 28.2 Å². The number of rotatable bonds is 6. The van der Waals surface area contributed by atoms with Gasteiger partial charge in [0.25, 0.3) is 0 Å². The quantitative estimate of drug-likeness (QED) is 0.453. The van der Waals surface area contributed by atoms with Gasteiger partial charge >= 0.3 is 17.9 Å². The van der Waals surface area contributed by atoms with E-state index in [0.29, 0.717) is 5.75 Å². The molecule has 0 unspecified atom stereocenters. The molecule has 0 aliphatic rings. The lowest BCUT2D eigenvalue weighted by atomic mass is 10.1. The Morgan fingerprint density at radius 1 is 0.533 bits per heavy atom. The molecule has 152 valence electrons. The van der Waals surface area contributed by atoms with Crippen molar-refractivity contribution in [1.29, 1.82) is 0 Å². The van der Waals surface area contributed by atoms with Crippen molar-refractivity contribution in [3.63, 3.8) is 0 Å². The van der Waals surface area contributed by atoms with Crippen LogP contribution in [0, 0.1) is 0 Å². The Morgan fingerprint density at radius 3 is 1.33 bits per heavy atom. The molecule has 0 atom stereocenters. The first-order chi connectivity index (χ1) is 14.5. The molecular weight excluding hydrogens is 388 g/mol. The predicted octanol–water partition coefficient (Wildman–Crippen LogP) is 3.92. The van der Waals surface area contributed by atoms with Crippen molar-refractivity contribution < 1.29 is 33.3 Å². The third-order valence-corrected chi connectivity index (χ3v) is 4.13. The maximum Gasteiger partial charge on any atom is 0.347 e. The minimum atomic E-state index is -0.797. The lowest BCUT2D eigenvalue weighted by molar-refractivity contribution is 0.0593. The molecule has 0 aromatic heterocycles. The molecule has 0 bridgehead atoms. The lowest BCUT2D eigenvalue weighted by Gasteiger charge is -2.12.